The van der Waals surface area contributed by atoms with E-state index in [1.807, 2.05) is 6.08 Å². The highest BCUT2D eigenvalue weighted by Crippen LogP contribution is 2.45. The smallest absolute Gasteiger partial charge is 0.463 e. The van der Waals surface area contributed by atoms with Crippen LogP contribution in [0, 0.1) is 0 Å². The van der Waals surface area contributed by atoms with Crippen molar-refractivity contribution < 1.29 is 80.2 Å². The molecule has 0 bridgehead atoms. The lowest BCUT2D eigenvalue weighted by atomic mass is 10.0. The van der Waals surface area contributed by atoms with Gasteiger partial charge in [-0.25, -0.2) is 9.13 Å². The Bertz CT molecular complexity index is 2040. The molecule has 0 aromatic heterocycles. The molecule has 0 spiro atoms. The van der Waals surface area contributed by atoms with Crippen LogP contribution in [0.15, 0.2) is 72.9 Å². The van der Waals surface area contributed by atoms with E-state index in [-0.39, 0.29) is 32.0 Å². The Morgan fingerprint density at radius 2 is 0.583 bits per heavy atom. The minimum Gasteiger partial charge on any atom is -0.463 e. The van der Waals surface area contributed by atoms with Crippen LogP contribution in [0.25, 0.3) is 0 Å². The Morgan fingerprint density at radius 3 is 0.948 bits per heavy atom. The van der Waals surface area contributed by atoms with E-state index >= 15 is 0 Å². The maximum atomic E-state index is 13.1. The van der Waals surface area contributed by atoms with Crippen LogP contribution in [0.2, 0.25) is 0 Å². The Labute approximate surface area is 583 Å². The van der Waals surface area contributed by atoms with Crippen molar-refractivity contribution in [1.82, 2.24) is 0 Å². The number of aldehydes is 2. The minimum atomic E-state index is -4.83. The van der Waals surface area contributed by atoms with Gasteiger partial charge in [0.25, 0.3) is 0 Å². The van der Waals surface area contributed by atoms with Gasteiger partial charge in [0.1, 0.15) is 44.1 Å². The molecular weight excluding hydrogens is 1260 g/mol. The second kappa shape index (κ2) is 73.1. The highest BCUT2D eigenvalue weighted by Gasteiger charge is 2.29. The van der Waals surface area contributed by atoms with Crippen LogP contribution in [0.5, 0.6) is 0 Å². The van der Waals surface area contributed by atoms with Crippen molar-refractivity contribution in [3.05, 3.63) is 72.9 Å². The molecule has 0 amide bonds. The van der Waals surface area contributed by atoms with Crippen LogP contribution in [0.3, 0.4) is 0 Å². The first kappa shape index (κ1) is 92.8. The van der Waals surface area contributed by atoms with E-state index in [1.165, 1.54) is 77.0 Å². The molecule has 19 heteroatoms. The quantitative estimate of drug-likeness (QED) is 0.0169. The third-order valence-electron chi connectivity index (χ3n) is 16.2. The molecule has 0 aliphatic rings. The number of hydrogen-bond donors (Lipinski definition) is 3. The van der Waals surface area contributed by atoms with Gasteiger partial charge in [-0.3, -0.25) is 27.7 Å². The molecule has 0 saturated carbocycles. The molecule has 5 atom stereocenters. The summed E-state index contributed by atoms with van der Waals surface area (Å²) in [5.74, 6) is -0.826. The number of phosphoric acid groups is 2. The monoisotopic (exact) mass is 1400 g/mol. The van der Waals surface area contributed by atoms with E-state index in [1.54, 1.807) is 0 Å². The molecule has 0 fully saturated rings. The number of ether oxygens (including phenoxy) is 4. The van der Waals surface area contributed by atoms with Gasteiger partial charge in [-0.1, -0.05) is 241 Å². The highest BCUT2D eigenvalue weighted by atomic mass is 31.2. The number of unbranched alkanes of at least 4 members (excludes halogenated alkanes) is 36. The van der Waals surface area contributed by atoms with Crippen molar-refractivity contribution >= 4 is 40.2 Å². The van der Waals surface area contributed by atoms with Gasteiger partial charge < -0.3 is 43.4 Å². The second-order valence-electron chi connectivity index (χ2n) is 25.5. The highest BCUT2D eigenvalue weighted by molar-refractivity contribution is 7.47. The molecule has 558 valence electrons. The zero-order chi connectivity index (χ0) is 70.0. The summed E-state index contributed by atoms with van der Waals surface area (Å²) in [6.07, 6.45) is 73.2. The van der Waals surface area contributed by atoms with Crippen molar-refractivity contribution in [2.24, 2.45) is 0 Å². The van der Waals surface area contributed by atoms with Gasteiger partial charge in [0.15, 0.2) is 0 Å². The molecule has 0 rings (SSSR count). The van der Waals surface area contributed by atoms with Crippen LogP contribution in [-0.2, 0) is 65.4 Å². The standard InChI is InChI=1S/C77H138O17P2/c1-3-5-7-9-11-13-15-17-18-19-20-26-32-38-44-50-56-62-77(82)90-70-75(88-66-60-54-48-42-36-30-24-22-28-34-40-46-52-58-64-79)72-94-96(85,86)92-68-73(80)67-91-95(83,84)93-71-74(87-65-59-53-47-41-35-29-23-21-27-33-39-45-51-57-63-78)69-89-76(81)61-55-49-43-37-31-25-16-14-12-10-8-6-4-2/h11,13,17-18,20-24,26,38,44,63-64,73-75,80H,3-10,12,14-16,19,25,27-37,39-43,45-62,65-72H2,1-2H3,(H,83,84)(H,85,86)/b13-11-,18-17-,23-21-,24-22-,26-20-,44-38-/t73-,74+,75+/m0/s1. The Balaban J connectivity index is 5.23. The zero-order valence-electron chi connectivity index (χ0n) is 60.4. The van der Waals surface area contributed by atoms with Gasteiger partial charge in [-0.15, -0.1) is 0 Å². The molecule has 0 aromatic carbocycles. The summed E-state index contributed by atoms with van der Waals surface area (Å²) < 4.78 is 69.8. The Morgan fingerprint density at radius 1 is 0.323 bits per heavy atom. The van der Waals surface area contributed by atoms with E-state index < -0.39 is 66.4 Å². The fourth-order valence-electron chi connectivity index (χ4n) is 10.3. The molecule has 2 unspecified atom stereocenters. The third kappa shape index (κ3) is 72.1. The van der Waals surface area contributed by atoms with Crippen LogP contribution in [-0.4, -0.2) is 111 Å². The molecule has 96 heavy (non-hydrogen) atoms. The number of carbonyl (C=O) groups excluding carboxylic acids is 4. The van der Waals surface area contributed by atoms with Gasteiger partial charge in [0, 0.05) is 38.9 Å². The topological polar surface area (TPSA) is 237 Å². The van der Waals surface area contributed by atoms with Crippen LogP contribution >= 0.6 is 15.6 Å². The van der Waals surface area contributed by atoms with Gasteiger partial charge in [-0.2, -0.15) is 0 Å². The number of aliphatic hydroxyl groups is 1. The van der Waals surface area contributed by atoms with Crippen molar-refractivity contribution in [3.63, 3.8) is 0 Å². The SMILES string of the molecule is CCCCC/C=C\C/C=C\C/C=C\C/C=C\CCCC(=O)OC[C@H](COP(=O)(O)OC[C@@H](O)COP(=O)(O)OC[C@@H](COC(=O)CCCCCCCCCCCCCCC)OCCCCCCC/C=C\CCCCCCC=O)OCCCCCCC/C=C\CCCCCCC=O. The second-order valence-corrected chi connectivity index (χ2v) is 28.4. The zero-order valence-corrected chi connectivity index (χ0v) is 62.2. The molecule has 0 saturated heterocycles. The molecule has 0 aliphatic carbocycles. The summed E-state index contributed by atoms with van der Waals surface area (Å²) in [4.78, 5) is 67.8. The molecule has 0 aromatic rings. The molecule has 17 nitrogen and oxygen atoms in total. The predicted molar refractivity (Wildman–Crippen MR) is 391 cm³/mol. The number of hydrogen-bond acceptors (Lipinski definition) is 15. The maximum Gasteiger partial charge on any atom is 0.472 e. The van der Waals surface area contributed by atoms with Crippen LogP contribution in [0.4, 0.5) is 0 Å². The summed E-state index contributed by atoms with van der Waals surface area (Å²) in [6.45, 7) is 2.10. The van der Waals surface area contributed by atoms with Crippen molar-refractivity contribution in [3.8, 4) is 0 Å². The van der Waals surface area contributed by atoms with Gasteiger partial charge in [0.05, 0.1) is 26.4 Å². The van der Waals surface area contributed by atoms with E-state index in [9.17, 15) is 43.2 Å². The molecule has 0 radical (unpaired) electrons. The lowest BCUT2D eigenvalue weighted by Gasteiger charge is -2.21. The molecular formula is C77H138O17P2. The predicted octanol–water partition coefficient (Wildman–Crippen LogP) is 21.0. The maximum absolute atomic E-state index is 13.1. The summed E-state index contributed by atoms with van der Waals surface area (Å²) in [7, 11) is -9.66. The summed E-state index contributed by atoms with van der Waals surface area (Å²) in [6, 6.07) is 0. The first-order valence-corrected chi connectivity index (χ1v) is 41.1. The lowest BCUT2D eigenvalue weighted by Crippen LogP contribution is -2.28. The molecule has 3 N–H and O–H groups in total. The lowest BCUT2D eigenvalue weighted by molar-refractivity contribution is -0.150. The fraction of sp³-hybridized carbons (Fsp3) is 0.792. The van der Waals surface area contributed by atoms with E-state index in [2.05, 4.69) is 80.7 Å². The van der Waals surface area contributed by atoms with Gasteiger partial charge >= 0.3 is 27.6 Å². The number of allylic oxidation sites excluding steroid dienone is 12. The Hall–Kier alpha value is -3.18. The third-order valence-corrected chi connectivity index (χ3v) is 18.1. The van der Waals surface area contributed by atoms with E-state index in [0.29, 0.717) is 51.7 Å². The van der Waals surface area contributed by atoms with E-state index in [0.717, 1.165) is 192 Å². The normalized spacial score (nSPS) is 14.4. The average Bonchev–Trinajstić information content (AvgIpc) is 1.45. The van der Waals surface area contributed by atoms with Crippen molar-refractivity contribution in [2.75, 3.05) is 52.9 Å². The number of esters is 2. The number of aliphatic hydroxyl groups excluding tert-OH is 1. The number of rotatable bonds is 76. The Kier molecular flexibility index (Phi) is 70.6. The molecule has 0 heterocycles. The summed E-state index contributed by atoms with van der Waals surface area (Å²) in [5.41, 5.74) is 0. The van der Waals surface area contributed by atoms with Crippen LogP contribution in [0.1, 0.15) is 322 Å². The summed E-state index contributed by atoms with van der Waals surface area (Å²) >= 11 is 0. The van der Waals surface area contributed by atoms with Gasteiger partial charge in [-0.05, 0) is 128 Å². The first-order chi connectivity index (χ1) is 46.9. The van der Waals surface area contributed by atoms with Crippen LogP contribution < -0.4 is 0 Å². The molecule has 0 aliphatic heterocycles. The van der Waals surface area contributed by atoms with Gasteiger partial charge in [0.2, 0.25) is 0 Å². The fourth-order valence-corrected chi connectivity index (χ4v) is 11.9. The largest absolute Gasteiger partial charge is 0.472 e. The number of carbonyl (C=O) groups is 4. The average molecular weight is 1400 g/mol. The first-order valence-electron chi connectivity index (χ1n) is 38.1. The summed E-state index contributed by atoms with van der Waals surface area (Å²) in [5, 5.41) is 10.6. The minimum absolute atomic E-state index is 0.174. The van der Waals surface area contributed by atoms with Crippen molar-refractivity contribution in [2.45, 2.75) is 340 Å². The van der Waals surface area contributed by atoms with E-state index in [4.69, 9.17) is 37.0 Å². The van der Waals surface area contributed by atoms with Crippen molar-refractivity contribution in [1.29, 1.82) is 0 Å². The number of phosphoric ester groups is 2.